The average Bonchev–Trinajstić information content (AvgIpc) is 2.99. The van der Waals surface area contributed by atoms with Gasteiger partial charge >= 0.3 is 0 Å². The van der Waals surface area contributed by atoms with Crippen LogP contribution in [0, 0.1) is 0 Å². The third-order valence-corrected chi connectivity index (χ3v) is 3.83. The summed E-state index contributed by atoms with van der Waals surface area (Å²) in [5.74, 6) is -0.599. The average molecular weight is 304 g/mol. The second-order valence-electron chi connectivity index (χ2n) is 5.85. The van der Waals surface area contributed by atoms with Crippen molar-refractivity contribution in [3.8, 4) is 0 Å². The van der Waals surface area contributed by atoms with Crippen LogP contribution in [-0.4, -0.2) is 30.9 Å². The molecule has 1 aromatic carbocycles. The highest BCUT2D eigenvalue weighted by Gasteiger charge is 2.18. The molecular weight excluding hydrogens is 280 g/mol. The molecule has 0 bridgehead atoms. The normalized spacial score (nSPS) is 15.6. The zero-order valence-electron chi connectivity index (χ0n) is 13.0. The molecule has 0 radical (unpaired) electrons. The van der Waals surface area contributed by atoms with Crippen LogP contribution in [0.15, 0.2) is 18.2 Å². The Labute approximate surface area is 130 Å². The molecule has 2 amide bonds. The first-order chi connectivity index (χ1) is 10.5. The predicted molar refractivity (Wildman–Crippen MR) is 87.9 cm³/mol. The maximum absolute atomic E-state index is 12.1. The van der Waals surface area contributed by atoms with Gasteiger partial charge in [0.25, 0.3) is 0 Å². The molecule has 22 heavy (non-hydrogen) atoms. The molecule has 1 atom stereocenters. The molecule has 1 fully saturated rings. The van der Waals surface area contributed by atoms with Crippen molar-refractivity contribution < 1.29 is 9.59 Å². The lowest BCUT2D eigenvalue weighted by Gasteiger charge is -2.22. The first-order valence-corrected chi connectivity index (χ1v) is 7.71. The fraction of sp³-hybridized carbons (Fsp3) is 0.500. The summed E-state index contributed by atoms with van der Waals surface area (Å²) in [6.07, 6.45) is 3.25. The van der Waals surface area contributed by atoms with Crippen molar-refractivity contribution >= 4 is 23.2 Å². The summed E-state index contributed by atoms with van der Waals surface area (Å²) in [5, 5.41) is 2.89. The lowest BCUT2D eigenvalue weighted by Crippen LogP contribution is -2.23. The van der Waals surface area contributed by atoms with Crippen LogP contribution in [0.1, 0.15) is 43.0 Å². The van der Waals surface area contributed by atoms with Gasteiger partial charge in [-0.2, -0.15) is 0 Å². The van der Waals surface area contributed by atoms with Crippen LogP contribution in [0.4, 0.5) is 11.4 Å². The van der Waals surface area contributed by atoms with Crippen LogP contribution in [0.3, 0.4) is 0 Å². The highest BCUT2D eigenvalue weighted by atomic mass is 16.2. The van der Waals surface area contributed by atoms with E-state index in [4.69, 9.17) is 11.5 Å². The molecule has 0 aliphatic carbocycles. The number of primary amides is 1. The van der Waals surface area contributed by atoms with Crippen molar-refractivity contribution in [3.63, 3.8) is 0 Å². The number of benzene rings is 1. The highest BCUT2D eigenvalue weighted by molar-refractivity contribution is 5.99. The van der Waals surface area contributed by atoms with Crippen LogP contribution >= 0.6 is 0 Å². The summed E-state index contributed by atoms with van der Waals surface area (Å²) >= 11 is 0. The van der Waals surface area contributed by atoms with Crippen LogP contribution in [0.5, 0.6) is 0 Å². The van der Waals surface area contributed by atoms with E-state index in [9.17, 15) is 9.59 Å². The number of hydrogen-bond donors (Lipinski definition) is 3. The lowest BCUT2D eigenvalue weighted by molar-refractivity contribution is -0.116. The second-order valence-corrected chi connectivity index (χ2v) is 5.85. The Bertz CT molecular complexity index is 551. The summed E-state index contributed by atoms with van der Waals surface area (Å²) in [7, 11) is 0. The Morgan fingerprint density at radius 2 is 2.00 bits per heavy atom. The maximum Gasteiger partial charge on any atom is 0.248 e. The van der Waals surface area contributed by atoms with Gasteiger partial charge in [0, 0.05) is 31.1 Å². The Morgan fingerprint density at radius 1 is 1.32 bits per heavy atom. The second kappa shape index (κ2) is 7.26. The number of carbonyl (C=O) groups excluding carboxylic acids is 2. The maximum atomic E-state index is 12.1. The van der Waals surface area contributed by atoms with E-state index in [1.54, 1.807) is 12.1 Å². The van der Waals surface area contributed by atoms with Gasteiger partial charge in [0.1, 0.15) is 0 Å². The first-order valence-electron chi connectivity index (χ1n) is 7.71. The van der Waals surface area contributed by atoms with E-state index >= 15 is 0 Å². The van der Waals surface area contributed by atoms with Gasteiger partial charge in [-0.05, 0) is 44.4 Å². The lowest BCUT2D eigenvalue weighted by atomic mass is 10.1. The SMILES string of the molecule is CC(N)CCC(=O)Nc1cc(C(N)=O)ccc1N1CCCC1. The van der Waals surface area contributed by atoms with Crippen molar-refractivity contribution in [1.29, 1.82) is 0 Å². The Hall–Kier alpha value is -2.08. The van der Waals surface area contributed by atoms with Gasteiger partial charge in [-0.1, -0.05) is 0 Å². The Balaban J connectivity index is 2.19. The molecule has 6 nitrogen and oxygen atoms in total. The zero-order chi connectivity index (χ0) is 16.1. The zero-order valence-corrected chi connectivity index (χ0v) is 13.0. The number of anilines is 2. The topological polar surface area (TPSA) is 101 Å². The van der Waals surface area contributed by atoms with Crippen LogP contribution < -0.4 is 21.7 Å². The molecule has 120 valence electrons. The molecule has 1 unspecified atom stereocenters. The van der Waals surface area contributed by atoms with Crippen molar-refractivity contribution in [1.82, 2.24) is 0 Å². The molecule has 2 rings (SSSR count). The molecule has 1 aliphatic rings. The van der Waals surface area contributed by atoms with Crippen molar-refractivity contribution in [2.45, 2.75) is 38.6 Å². The number of carbonyl (C=O) groups is 2. The number of nitrogens with one attached hydrogen (secondary N) is 1. The minimum atomic E-state index is -0.501. The van der Waals surface area contributed by atoms with E-state index in [1.807, 2.05) is 13.0 Å². The molecular formula is C16H24N4O2. The molecule has 0 spiro atoms. The molecule has 1 saturated heterocycles. The number of nitrogens with zero attached hydrogens (tertiary/aromatic N) is 1. The summed E-state index contributed by atoms with van der Waals surface area (Å²) < 4.78 is 0. The molecule has 0 aromatic heterocycles. The predicted octanol–water partition coefficient (Wildman–Crippen LogP) is 1.45. The van der Waals surface area contributed by atoms with Gasteiger partial charge in [0.05, 0.1) is 11.4 Å². The number of rotatable bonds is 6. The van der Waals surface area contributed by atoms with E-state index in [0.717, 1.165) is 31.6 Å². The molecule has 6 heteroatoms. The number of hydrogen-bond acceptors (Lipinski definition) is 4. The fourth-order valence-electron chi connectivity index (χ4n) is 2.59. The van der Waals surface area contributed by atoms with Gasteiger partial charge in [0.2, 0.25) is 11.8 Å². The van der Waals surface area contributed by atoms with Gasteiger partial charge in [-0.15, -0.1) is 0 Å². The van der Waals surface area contributed by atoms with Crippen LogP contribution in [-0.2, 0) is 4.79 Å². The molecule has 1 aromatic rings. The van der Waals surface area contributed by atoms with E-state index in [-0.39, 0.29) is 11.9 Å². The van der Waals surface area contributed by atoms with Gasteiger partial charge in [0.15, 0.2) is 0 Å². The summed E-state index contributed by atoms with van der Waals surface area (Å²) in [6, 6.07) is 5.20. The first kappa shape index (κ1) is 16.3. The summed E-state index contributed by atoms with van der Waals surface area (Å²) in [4.78, 5) is 25.6. The van der Waals surface area contributed by atoms with Gasteiger partial charge in [-0.25, -0.2) is 0 Å². The van der Waals surface area contributed by atoms with Crippen molar-refractivity contribution in [2.75, 3.05) is 23.3 Å². The molecule has 1 aliphatic heterocycles. The minimum Gasteiger partial charge on any atom is -0.370 e. The molecule has 5 N–H and O–H groups in total. The van der Waals surface area contributed by atoms with Gasteiger partial charge in [-0.3, -0.25) is 9.59 Å². The third-order valence-electron chi connectivity index (χ3n) is 3.83. The van der Waals surface area contributed by atoms with E-state index in [1.165, 1.54) is 0 Å². The van der Waals surface area contributed by atoms with Gasteiger partial charge < -0.3 is 21.7 Å². The van der Waals surface area contributed by atoms with Crippen molar-refractivity contribution in [3.05, 3.63) is 23.8 Å². The Morgan fingerprint density at radius 3 is 2.59 bits per heavy atom. The Kier molecular flexibility index (Phi) is 5.38. The highest BCUT2D eigenvalue weighted by Crippen LogP contribution is 2.30. The smallest absolute Gasteiger partial charge is 0.248 e. The standard InChI is InChI=1S/C16H24N4O2/c1-11(17)4-7-15(21)19-13-10-12(16(18)22)5-6-14(13)20-8-2-3-9-20/h5-6,10-11H,2-4,7-9,17H2,1H3,(H2,18,22)(H,19,21). The van der Waals surface area contributed by atoms with E-state index in [0.29, 0.717) is 24.1 Å². The minimum absolute atomic E-state index is 0.0132. The fourth-order valence-corrected chi connectivity index (χ4v) is 2.59. The van der Waals surface area contributed by atoms with Crippen LogP contribution in [0.2, 0.25) is 0 Å². The number of nitrogens with two attached hydrogens (primary N) is 2. The summed E-state index contributed by atoms with van der Waals surface area (Å²) in [5.41, 5.74) is 13.0. The molecule has 0 saturated carbocycles. The van der Waals surface area contributed by atoms with Crippen LogP contribution in [0.25, 0.3) is 0 Å². The summed E-state index contributed by atoms with van der Waals surface area (Å²) in [6.45, 7) is 3.79. The quantitative estimate of drug-likeness (QED) is 0.740. The van der Waals surface area contributed by atoms with E-state index in [2.05, 4.69) is 10.2 Å². The molecule has 1 heterocycles. The van der Waals surface area contributed by atoms with E-state index < -0.39 is 5.91 Å². The third kappa shape index (κ3) is 4.21. The number of amides is 2. The largest absolute Gasteiger partial charge is 0.370 e. The monoisotopic (exact) mass is 304 g/mol. The van der Waals surface area contributed by atoms with Crippen molar-refractivity contribution in [2.24, 2.45) is 11.5 Å².